The second-order valence-corrected chi connectivity index (χ2v) is 4.97. The van der Waals surface area contributed by atoms with Gasteiger partial charge in [-0.2, -0.15) is 0 Å². The average molecular weight is 249 g/mol. The molecule has 4 heteroatoms. The van der Waals surface area contributed by atoms with Gasteiger partial charge in [-0.25, -0.2) is 4.98 Å². The Balaban J connectivity index is 2.11. The maximum atomic E-state index is 9.72. The van der Waals surface area contributed by atoms with Crippen LogP contribution in [0.2, 0.25) is 0 Å². The maximum Gasteiger partial charge on any atom is 0.128 e. The maximum absolute atomic E-state index is 9.72. The summed E-state index contributed by atoms with van der Waals surface area (Å²) in [4.78, 5) is 6.60. The normalized spacial score (nSPS) is 21.9. The Kier molecular flexibility index (Phi) is 4.55. The first-order valence-corrected chi connectivity index (χ1v) is 6.83. The topological polar surface area (TPSA) is 48.4 Å². The molecule has 2 atom stereocenters. The van der Waals surface area contributed by atoms with Crippen molar-refractivity contribution < 1.29 is 5.11 Å². The summed E-state index contributed by atoms with van der Waals surface area (Å²) in [6.07, 6.45) is 3.59. The molecule has 18 heavy (non-hydrogen) atoms. The fourth-order valence-electron chi connectivity index (χ4n) is 2.46. The number of aliphatic hydroxyl groups excluding tert-OH is 1. The first-order valence-electron chi connectivity index (χ1n) is 6.83. The lowest BCUT2D eigenvalue weighted by Crippen LogP contribution is -2.38. The van der Waals surface area contributed by atoms with Crippen LogP contribution in [0.15, 0.2) is 18.3 Å². The van der Waals surface area contributed by atoms with Crippen molar-refractivity contribution in [3.05, 3.63) is 23.9 Å². The summed E-state index contributed by atoms with van der Waals surface area (Å²) < 4.78 is 0. The zero-order valence-electron chi connectivity index (χ0n) is 11.3. The van der Waals surface area contributed by atoms with Gasteiger partial charge in [0.25, 0.3) is 0 Å². The molecule has 100 valence electrons. The highest BCUT2D eigenvalue weighted by Gasteiger charge is 2.19. The van der Waals surface area contributed by atoms with Crippen LogP contribution in [-0.4, -0.2) is 35.8 Å². The van der Waals surface area contributed by atoms with E-state index in [1.807, 2.05) is 6.20 Å². The lowest BCUT2D eigenvalue weighted by molar-refractivity contribution is 0.154. The van der Waals surface area contributed by atoms with Crippen molar-refractivity contribution in [2.24, 2.45) is 0 Å². The molecular weight excluding hydrogens is 226 g/mol. The van der Waals surface area contributed by atoms with Gasteiger partial charge in [0.05, 0.1) is 6.10 Å². The van der Waals surface area contributed by atoms with E-state index in [4.69, 9.17) is 0 Å². The van der Waals surface area contributed by atoms with Gasteiger partial charge in [0, 0.05) is 25.3 Å². The minimum Gasteiger partial charge on any atom is -0.391 e. The van der Waals surface area contributed by atoms with Crippen molar-refractivity contribution in [2.45, 2.75) is 38.8 Å². The predicted molar refractivity (Wildman–Crippen MR) is 73.8 cm³/mol. The molecule has 2 N–H and O–H groups in total. The molecule has 1 saturated heterocycles. The van der Waals surface area contributed by atoms with Gasteiger partial charge in [-0.15, -0.1) is 0 Å². The minimum absolute atomic E-state index is 0.213. The summed E-state index contributed by atoms with van der Waals surface area (Å²) in [5.41, 5.74) is 1.25. The first kappa shape index (κ1) is 13.3. The molecule has 1 aromatic heterocycles. The summed E-state index contributed by atoms with van der Waals surface area (Å²) in [5, 5.41) is 13.1. The van der Waals surface area contributed by atoms with Gasteiger partial charge in [-0.05, 0) is 44.0 Å². The van der Waals surface area contributed by atoms with Gasteiger partial charge < -0.3 is 15.3 Å². The predicted octanol–water partition coefficient (Wildman–Crippen LogP) is 1.71. The fraction of sp³-hybridized carbons (Fsp3) is 0.643. The van der Waals surface area contributed by atoms with E-state index >= 15 is 0 Å². The number of aliphatic hydroxyl groups is 1. The molecule has 0 amide bonds. The van der Waals surface area contributed by atoms with Gasteiger partial charge in [0.2, 0.25) is 0 Å². The third-order valence-corrected chi connectivity index (χ3v) is 3.50. The second-order valence-electron chi connectivity index (χ2n) is 4.97. The van der Waals surface area contributed by atoms with Gasteiger partial charge in [-0.1, -0.05) is 6.92 Å². The summed E-state index contributed by atoms with van der Waals surface area (Å²) >= 11 is 0. The Morgan fingerprint density at radius 1 is 1.61 bits per heavy atom. The Bertz CT molecular complexity index is 383. The van der Waals surface area contributed by atoms with E-state index in [-0.39, 0.29) is 6.10 Å². The molecule has 0 bridgehead atoms. The Hall–Kier alpha value is -1.13. The lowest BCUT2D eigenvalue weighted by Gasteiger charge is -2.31. The van der Waals surface area contributed by atoms with Crippen LogP contribution >= 0.6 is 0 Å². The summed E-state index contributed by atoms with van der Waals surface area (Å²) in [5.74, 6) is 0.982. The van der Waals surface area contributed by atoms with Crippen LogP contribution in [0, 0.1) is 0 Å². The molecule has 1 aromatic rings. The molecular formula is C14H23N3O. The van der Waals surface area contributed by atoms with E-state index in [2.05, 4.69) is 41.2 Å². The summed E-state index contributed by atoms with van der Waals surface area (Å²) in [6.45, 7) is 6.92. The van der Waals surface area contributed by atoms with Crippen molar-refractivity contribution in [3.63, 3.8) is 0 Å². The van der Waals surface area contributed by atoms with E-state index in [0.29, 0.717) is 12.6 Å². The fourth-order valence-corrected chi connectivity index (χ4v) is 2.46. The van der Waals surface area contributed by atoms with Crippen LogP contribution in [-0.2, 0) is 0 Å². The quantitative estimate of drug-likeness (QED) is 0.853. The number of anilines is 1. The summed E-state index contributed by atoms with van der Waals surface area (Å²) in [7, 11) is 0. The minimum atomic E-state index is -0.213. The Morgan fingerprint density at radius 3 is 3.17 bits per heavy atom. The van der Waals surface area contributed by atoms with Crippen molar-refractivity contribution in [2.75, 3.05) is 24.5 Å². The average Bonchev–Trinajstić information content (AvgIpc) is 2.39. The van der Waals surface area contributed by atoms with Gasteiger partial charge in [0.1, 0.15) is 5.82 Å². The highest BCUT2D eigenvalue weighted by atomic mass is 16.3. The van der Waals surface area contributed by atoms with E-state index in [0.717, 1.165) is 31.7 Å². The van der Waals surface area contributed by atoms with E-state index < -0.39 is 0 Å². The molecule has 4 nitrogen and oxygen atoms in total. The monoisotopic (exact) mass is 249 g/mol. The van der Waals surface area contributed by atoms with Gasteiger partial charge >= 0.3 is 0 Å². The zero-order valence-corrected chi connectivity index (χ0v) is 11.3. The molecule has 0 radical (unpaired) electrons. The smallest absolute Gasteiger partial charge is 0.128 e. The molecule has 2 unspecified atom stereocenters. The molecule has 0 aromatic carbocycles. The molecule has 1 aliphatic rings. The van der Waals surface area contributed by atoms with Crippen molar-refractivity contribution in [1.29, 1.82) is 0 Å². The summed E-state index contributed by atoms with van der Waals surface area (Å²) in [6, 6.07) is 4.52. The van der Waals surface area contributed by atoms with Crippen LogP contribution in [0.25, 0.3) is 0 Å². The number of hydrogen-bond donors (Lipinski definition) is 2. The number of piperidine rings is 1. The van der Waals surface area contributed by atoms with Gasteiger partial charge in [0.15, 0.2) is 0 Å². The second kappa shape index (κ2) is 6.16. The highest BCUT2D eigenvalue weighted by Crippen LogP contribution is 2.21. The number of pyridine rings is 1. The van der Waals surface area contributed by atoms with E-state index in [1.165, 1.54) is 5.56 Å². The molecule has 0 spiro atoms. The number of hydrogen-bond acceptors (Lipinski definition) is 4. The van der Waals surface area contributed by atoms with Crippen LogP contribution in [0.3, 0.4) is 0 Å². The van der Waals surface area contributed by atoms with Crippen molar-refractivity contribution in [1.82, 2.24) is 10.3 Å². The highest BCUT2D eigenvalue weighted by molar-refractivity contribution is 5.42. The number of nitrogens with zero attached hydrogens (tertiary/aromatic N) is 2. The molecule has 2 rings (SSSR count). The number of β-amino-alcohol motifs (C(OH)–C–C–N with tert-alkyl or cyclic N) is 1. The standard InChI is InChI=1S/C14H23N3O/c1-3-15-11(2)12-6-7-16-14(9-12)17-8-4-5-13(18)10-17/h6-7,9,11,13,15,18H,3-5,8,10H2,1-2H3. The Labute approximate surface area is 109 Å². The molecule has 1 fully saturated rings. The zero-order chi connectivity index (χ0) is 13.0. The van der Waals surface area contributed by atoms with Crippen LogP contribution in [0.1, 0.15) is 38.3 Å². The van der Waals surface area contributed by atoms with E-state index in [1.54, 1.807) is 0 Å². The molecule has 0 aliphatic carbocycles. The Morgan fingerprint density at radius 2 is 2.44 bits per heavy atom. The third-order valence-electron chi connectivity index (χ3n) is 3.50. The molecule has 1 aliphatic heterocycles. The third kappa shape index (κ3) is 3.21. The van der Waals surface area contributed by atoms with Gasteiger partial charge in [-0.3, -0.25) is 0 Å². The number of nitrogens with one attached hydrogen (secondary N) is 1. The largest absolute Gasteiger partial charge is 0.391 e. The SMILES string of the molecule is CCNC(C)c1ccnc(N2CCCC(O)C2)c1. The van der Waals surface area contributed by atoms with Crippen molar-refractivity contribution >= 4 is 5.82 Å². The molecule has 2 heterocycles. The number of aromatic nitrogens is 1. The lowest BCUT2D eigenvalue weighted by atomic mass is 10.1. The molecule has 0 saturated carbocycles. The van der Waals surface area contributed by atoms with Crippen LogP contribution in [0.5, 0.6) is 0 Å². The van der Waals surface area contributed by atoms with E-state index in [9.17, 15) is 5.11 Å². The van der Waals surface area contributed by atoms with Crippen LogP contribution in [0.4, 0.5) is 5.82 Å². The number of rotatable bonds is 4. The van der Waals surface area contributed by atoms with Crippen molar-refractivity contribution in [3.8, 4) is 0 Å². The first-order chi connectivity index (χ1) is 8.70. The van der Waals surface area contributed by atoms with Crippen LogP contribution < -0.4 is 10.2 Å².